The van der Waals surface area contributed by atoms with Gasteiger partial charge in [0.2, 0.25) is 5.91 Å². The third-order valence-corrected chi connectivity index (χ3v) is 6.48. The highest BCUT2D eigenvalue weighted by molar-refractivity contribution is 5.75. The van der Waals surface area contributed by atoms with Gasteiger partial charge in [0.25, 0.3) is 0 Å². The average molecular weight is 412 g/mol. The summed E-state index contributed by atoms with van der Waals surface area (Å²) in [7, 11) is 1.70. The monoisotopic (exact) mass is 411 g/mol. The van der Waals surface area contributed by atoms with Crippen LogP contribution >= 0.6 is 0 Å². The molecule has 1 aromatic rings. The summed E-state index contributed by atoms with van der Waals surface area (Å²) < 4.78 is 38.8. The molecule has 1 aliphatic heterocycles. The molecule has 1 N–H and O–H groups in total. The number of nitrogens with zero attached hydrogens (tertiary/aromatic N) is 2. The van der Waals surface area contributed by atoms with Crippen molar-refractivity contribution in [2.75, 3.05) is 44.7 Å². The molecule has 0 unspecified atom stereocenters. The van der Waals surface area contributed by atoms with Gasteiger partial charge in [0.15, 0.2) is 0 Å². The van der Waals surface area contributed by atoms with Crippen LogP contribution in [0.5, 0.6) is 0 Å². The molecule has 1 saturated carbocycles. The highest BCUT2D eigenvalue weighted by Gasteiger charge is 2.31. The SMILES string of the molecule is CNC(=O)CC1CCC(CCN2CCN(c3cccc(C(F)(F)F)c3)CC2)CC1. The maximum atomic E-state index is 12.9. The van der Waals surface area contributed by atoms with Crippen molar-refractivity contribution >= 4 is 11.6 Å². The molecule has 29 heavy (non-hydrogen) atoms. The quantitative estimate of drug-likeness (QED) is 0.764. The van der Waals surface area contributed by atoms with Crippen LogP contribution in [-0.4, -0.2) is 50.6 Å². The van der Waals surface area contributed by atoms with E-state index >= 15 is 0 Å². The largest absolute Gasteiger partial charge is 0.416 e. The van der Waals surface area contributed by atoms with Crippen molar-refractivity contribution in [1.29, 1.82) is 0 Å². The molecule has 7 heteroatoms. The average Bonchev–Trinajstić information content (AvgIpc) is 2.73. The van der Waals surface area contributed by atoms with Crippen molar-refractivity contribution in [1.82, 2.24) is 10.2 Å². The number of hydrogen-bond donors (Lipinski definition) is 1. The second kappa shape index (κ2) is 9.83. The van der Waals surface area contributed by atoms with Gasteiger partial charge in [-0.05, 0) is 55.8 Å². The zero-order valence-electron chi connectivity index (χ0n) is 17.2. The fraction of sp³-hybridized carbons (Fsp3) is 0.682. The van der Waals surface area contributed by atoms with E-state index in [2.05, 4.69) is 15.1 Å². The summed E-state index contributed by atoms with van der Waals surface area (Å²) in [5.41, 5.74) is 0.0818. The summed E-state index contributed by atoms with van der Waals surface area (Å²) >= 11 is 0. The maximum absolute atomic E-state index is 12.9. The summed E-state index contributed by atoms with van der Waals surface area (Å²) in [5.74, 6) is 1.41. The first-order valence-electron chi connectivity index (χ1n) is 10.7. The van der Waals surface area contributed by atoms with Crippen LogP contribution < -0.4 is 10.2 Å². The minimum Gasteiger partial charge on any atom is -0.369 e. The van der Waals surface area contributed by atoms with Gasteiger partial charge in [-0.15, -0.1) is 0 Å². The Balaban J connectivity index is 1.38. The van der Waals surface area contributed by atoms with E-state index in [4.69, 9.17) is 0 Å². The zero-order valence-corrected chi connectivity index (χ0v) is 17.2. The number of alkyl halides is 3. The standard InChI is InChI=1S/C22H32F3N3O/c1-26-21(29)15-18-7-5-17(6-8-18)9-10-27-11-13-28(14-12-27)20-4-2-3-19(16-20)22(23,24)25/h2-4,16-18H,5-15H2,1H3,(H,26,29). The maximum Gasteiger partial charge on any atom is 0.416 e. The Morgan fingerprint density at radius 2 is 1.72 bits per heavy atom. The van der Waals surface area contributed by atoms with Crippen molar-refractivity contribution in [2.45, 2.75) is 44.7 Å². The number of carbonyl (C=O) groups excluding carboxylic acids is 1. The fourth-order valence-corrected chi connectivity index (χ4v) is 4.56. The normalized spacial score (nSPS) is 23.8. The molecule has 2 aliphatic rings. The van der Waals surface area contributed by atoms with Crippen molar-refractivity contribution in [3.63, 3.8) is 0 Å². The molecule has 1 aromatic carbocycles. The minimum absolute atomic E-state index is 0.145. The Labute approximate surface area is 171 Å². The van der Waals surface area contributed by atoms with Gasteiger partial charge >= 0.3 is 6.18 Å². The highest BCUT2D eigenvalue weighted by Crippen LogP contribution is 2.33. The molecule has 162 valence electrons. The molecule has 1 heterocycles. The molecule has 1 amide bonds. The number of halogens is 3. The van der Waals surface area contributed by atoms with Crippen LogP contribution in [0, 0.1) is 11.8 Å². The first kappa shape index (κ1) is 21.9. The van der Waals surface area contributed by atoms with Crippen molar-refractivity contribution in [3.8, 4) is 0 Å². The third-order valence-electron chi connectivity index (χ3n) is 6.48. The summed E-state index contributed by atoms with van der Waals surface area (Å²) in [5, 5.41) is 2.71. The van der Waals surface area contributed by atoms with Crippen molar-refractivity contribution < 1.29 is 18.0 Å². The van der Waals surface area contributed by atoms with Crippen molar-refractivity contribution in [3.05, 3.63) is 29.8 Å². The Kier molecular flexibility index (Phi) is 7.44. The summed E-state index contributed by atoms with van der Waals surface area (Å²) in [6.45, 7) is 4.37. The van der Waals surface area contributed by atoms with Crippen LogP contribution in [0.4, 0.5) is 18.9 Å². The molecule has 2 fully saturated rings. The lowest BCUT2D eigenvalue weighted by molar-refractivity contribution is -0.137. The van der Waals surface area contributed by atoms with Crippen LogP contribution in [0.3, 0.4) is 0 Å². The van der Waals surface area contributed by atoms with E-state index in [1.54, 1.807) is 13.1 Å². The van der Waals surface area contributed by atoms with Gasteiger partial charge in [-0.1, -0.05) is 18.9 Å². The number of carbonyl (C=O) groups is 1. The van der Waals surface area contributed by atoms with E-state index in [1.165, 1.54) is 31.4 Å². The molecule has 1 saturated heterocycles. The summed E-state index contributed by atoms with van der Waals surface area (Å²) in [4.78, 5) is 16.0. The van der Waals surface area contributed by atoms with E-state index in [0.29, 0.717) is 18.0 Å². The third kappa shape index (κ3) is 6.36. The van der Waals surface area contributed by atoms with E-state index in [9.17, 15) is 18.0 Å². The molecule has 0 spiro atoms. The van der Waals surface area contributed by atoms with Crippen LogP contribution in [-0.2, 0) is 11.0 Å². The second-order valence-electron chi connectivity index (χ2n) is 8.43. The lowest BCUT2D eigenvalue weighted by Gasteiger charge is -2.37. The molecule has 0 atom stereocenters. The van der Waals surface area contributed by atoms with Crippen LogP contribution in [0.2, 0.25) is 0 Å². The lowest BCUT2D eigenvalue weighted by atomic mass is 9.79. The molecule has 0 aromatic heterocycles. The number of rotatable bonds is 6. The summed E-state index contributed by atoms with van der Waals surface area (Å²) in [6.07, 6.45) is 2.22. The van der Waals surface area contributed by atoms with E-state index < -0.39 is 11.7 Å². The number of piperazine rings is 1. The smallest absolute Gasteiger partial charge is 0.369 e. The van der Waals surface area contributed by atoms with Gasteiger partial charge in [0.1, 0.15) is 0 Å². The number of anilines is 1. The van der Waals surface area contributed by atoms with Gasteiger partial charge in [-0.3, -0.25) is 9.69 Å². The Bertz CT molecular complexity index is 664. The van der Waals surface area contributed by atoms with Crippen LogP contribution in [0.15, 0.2) is 24.3 Å². The van der Waals surface area contributed by atoms with Gasteiger partial charge in [0.05, 0.1) is 5.56 Å². The van der Waals surface area contributed by atoms with Crippen LogP contribution in [0.25, 0.3) is 0 Å². The van der Waals surface area contributed by atoms with E-state index in [1.807, 2.05) is 0 Å². The summed E-state index contributed by atoms with van der Waals surface area (Å²) in [6, 6.07) is 5.64. The topological polar surface area (TPSA) is 35.6 Å². The van der Waals surface area contributed by atoms with Crippen LogP contribution in [0.1, 0.15) is 44.1 Å². The van der Waals surface area contributed by atoms with Gasteiger partial charge < -0.3 is 10.2 Å². The van der Waals surface area contributed by atoms with Gasteiger partial charge in [-0.2, -0.15) is 13.2 Å². The number of nitrogens with one attached hydrogen (secondary N) is 1. The first-order valence-corrected chi connectivity index (χ1v) is 10.7. The Hall–Kier alpha value is -1.76. The molecule has 1 aliphatic carbocycles. The number of amides is 1. The molecule has 3 rings (SSSR count). The predicted octanol–water partition coefficient (Wildman–Crippen LogP) is 4.16. The van der Waals surface area contributed by atoms with Crippen molar-refractivity contribution in [2.24, 2.45) is 11.8 Å². The fourth-order valence-electron chi connectivity index (χ4n) is 4.56. The van der Waals surface area contributed by atoms with Gasteiger partial charge in [0, 0.05) is 45.3 Å². The molecule has 4 nitrogen and oxygen atoms in total. The number of hydrogen-bond acceptors (Lipinski definition) is 3. The zero-order chi connectivity index (χ0) is 20.9. The Morgan fingerprint density at radius 3 is 2.34 bits per heavy atom. The molecular formula is C22H32F3N3O. The van der Waals surface area contributed by atoms with Gasteiger partial charge in [-0.25, -0.2) is 0 Å². The molecule has 0 bridgehead atoms. The lowest BCUT2D eigenvalue weighted by Crippen LogP contribution is -2.47. The Morgan fingerprint density at radius 1 is 1.07 bits per heavy atom. The van der Waals surface area contributed by atoms with E-state index in [0.717, 1.165) is 57.5 Å². The molecule has 0 radical (unpaired) electrons. The second-order valence-corrected chi connectivity index (χ2v) is 8.43. The van der Waals surface area contributed by atoms with E-state index in [-0.39, 0.29) is 5.91 Å². The minimum atomic E-state index is -4.29. The number of benzene rings is 1. The predicted molar refractivity (Wildman–Crippen MR) is 109 cm³/mol. The highest BCUT2D eigenvalue weighted by atomic mass is 19.4. The first-order chi connectivity index (χ1) is 13.8. The molecular weight excluding hydrogens is 379 g/mol.